The second-order valence-electron chi connectivity index (χ2n) is 6.94. The number of aryl methyl sites for hydroxylation is 1. The van der Waals surface area contributed by atoms with E-state index in [0.29, 0.717) is 17.9 Å². The molecule has 0 aliphatic rings. The summed E-state index contributed by atoms with van der Waals surface area (Å²) in [6, 6.07) is 12.4. The molecule has 180 valence electrons. The van der Waals surface area contributed by atoms with Gasteiger partial charge >= 0.3 is 12.1 Å². The SMILES string of the molecule is Cc1cc(NC(=O)C(OC(=O)CNS(=O)(=O)c2cccc(C(F)(F)F)c2)c2ccccc2)no1. The molecule has 13 heteroatoms. The van der Waals surface area contributed by atoms with Gasteiger partial charge in [0.15, 0.2) is 5.82 Å². The van der Waals surface area contributed by atoms with Crippen LogP contribution in [0.5, 0.6) is 0 Å². The van der Waals surface area contributed by atoms with E-state index in [1.54, 1.807) is 25.1 Å². The van der Waals surface area contributed by atoms with Gasteiger partial charge in [-0.15, -0.1) is 0 Å². The molecule has 0 saturated heterocycles. The maximum atomic E-state index is 12.9. The Labute approximate surface area is 191 Å². The van der Waals surface area contributed by atoms with Crippen molar-refractivity contribution in [2.75, 3.05) is 11.9 Å². The lowest BCUT2D eigenvalue weighted by atomic mass is 10.1. The topological polar surface area (TPSA) is 128 Å². The summed E-state index contributed by atoms with van der Waals surface area (Å²) in [6.07, 6.45) is -6.22. The first-order valence-corrected chi connectivity index (χ1v) is 11.1. The van der Waals surface area contributed by atoms with Crippen LogP contribution in [0.3, 0.4) is 0 Å². The lowest BCUT2D eigenvalue weighted by molar-refractivity contribution is -0.153. The van der Waals surface area contributed by atoms with Crippen LogP contribution in [-0.4, -0.2) is 32.0 Å². The summed E-state index contributed by atoms with van der Waals surface area (Å²) in [6.45, 7) is 0.673. The number of benzene rings is 2. The van der Waals surface area contributed by atoms with Crippen LogP contribution < -0.4 is 10.0 Å². The molecule has 0 bridgehead atoms. The van der Waals surface area contributed by atoms with Gasteiger partial charge in [0.25, 0.3) is 5.91 Å². The number of ether oxygens (including phenoxy) is 1. The smallest absolute Gasteiger partial charge is 0.416 e. The molecule has 3 aromatic rings. The van der Waals surface area contributed by atoms with Crippen molar-refractivity contribution in [2.24, 2.45) is 0 Å². The van der Waals surface area contributed by atoms with Gasteiger partial charge in [0.2, 0.25) is 16.1 Å². The van der Waals surface area contributed by atoms with Crippen molar-refractivity contribution in [3.8, 4) is 0 Å². The van der Waals surface area contributed by atoms with E-state index in [1.165, 1.54) is 18.2 Å². The number of sulfonamides is 1. The number of nitrogens with zero attached hydrogens (tertiary/aromatic N) is 1. The lowest BCUT2D eigenvalue weighted by Crippen LogP contribution is -2.33. The van der Waals surface area contributed by atoms with E-state index in [2.05, 4.69) is 10.5 Å². The van der Waals surface area contributed by atoms with Crippen molar-refractivity contribution < 1.29 is 40.4 Å². The molecule has 2 aromatic carbocycles. The molecular weight excluding hydrogens is 479 g/mol. The first-order chi connectivity index (χ1) is 16.0. The Kier molecular flexibility index (Phi) is 7.37. The maximum absolute atomic E-state index is 12.9. The molecule has 2 N–H and O–H groups in total. The number of rotatable bonds is 8. The molecule has 0 saturated carbocycles. The predicted octanol–water partition coefficient (Wildman–Crippen LogP) is 3.20. The minimum absolute atomic E-state index is 0.0738. The average molecular weight is 497 g/mol. The standard InChI is InChI=1S/C21H18F3N3O6S/c1-13-10-17(27-33-13)26-20(29)19(14-6-3-2-4-7-14)32-18(28)12-25-34(30,31)16-9-5-8-15(11-16)21(22,23)24/h2-11,19,25H,12H2,1H3,(H,26,27,29). The highest BCUT2D eigenvalue weighted by Crippen LogP contribution is 2.30. The van der Waals surface area contributed by atoms with Gasteiger partial charge in [0.1, 0.15) is 12.3 Å². The molecule has 0 spiro atoms. The second kappa shape index (κ2) is 10.1. The summed E-state index contributed by atoms with van der Waals surface area (Å²) in [5.74, 6) is -1.43. The summed E-state index contributed by atoms with van der Waals surface area (Å²) >= 11 is 0. The van der Waals surface area contributed by atoms with Crippen LogP contribution in [0, 0.1) is 6.92 Å². The molecule has 1 atom stereocenters. The summed E-state index contributed by atoms with van der Waals surface area (Å²) in [5, 5.41) is 6.04. The number of carbonyl (C=O) groups excluding carboxylic acids is 2. The third-order valence-corrected chi connectivity index (χ3v) is 5.75. The zero-order chi connectivity index (χ0) is 24.9. The molecule has 0 fully saturated rings. The van der Waals surface area contributed by atoms with Gasteiger partial charge in [-0.25, -0.2) is 8.42 Å². The van der Waals surface area contributed by atoms with E-state index in [-0.39, 0.29) is 11.4 Å². The number of carbonyl (C=O) groups is 2. The van der Waals surface area contributed by atoms with Gasteiger partial charge in [-0.1, -0.05) is 41.6 Å². The van der Waals surface area contributed by atoms with Gasteiger partial charge < -0.3 is 14.6 Å². The van der Waals surface area contributed by atoms with Crippen LogP contribution in [0.2, 0.25) is 0 Å². The molecule has 9 nitrogen and oxygen atoms in total. The van der Waals surface area contributed by atoms with Gasteiger partial charge in [-0.05, 0) is 25.1 Å². The minimum Gasteiger partial charge on any atom is -0.446 e. The summed E-state index contributed by atoms with van der Waals surface area (Å²) in [5.41, 5.74) is -0.879. The molecule has 1 amide bonds. The molecule has 1 unspecified atom stereocenters. The molecule has 1 aromatic heterocycles. The lowest BCUT2D eigenvalue weighted by Gasteiger charge is -2.17. The molecular formula is C21H18F3N3O6S. The first kappa shape index (κ1) is 24.9. The Morgan fingerprint density at radius 1 is 1.09 bits per heavy atom. The van der Waals surface area contributed by atoms with Gasteiger partial charge in [0.05, 0.1) is 10.5 Å². The normalized spacial score (nSPS) is 12.7. The number of amides is 1. The molecule has 0 aliphatic carbocycles. The van der Waals surface area contributed by atoms with Crippen LogP contribution in [0.15, 0.2) is 70.1 Å². The fraction of sp³-hybridized carbons (Fsp3) is 0.190. The molecule has 34 heavy (non-hydrogen) atoms. The summed E-state index contributed by atoms with van der Waals surface area (Å²) in [7, 11) is -4.48. The quantitative estimate of drug-likeness (QED) is 0.458. The van der Waals surface area contributed by atoms with Crippen LogP contribution in [0.1, 0.15) is 23.0 Å². The zero-order valence-corrected chi connectivity index (χ0v) is 18.3. The fourth-order valence-electron chi connectivity index (χ4n) is 2.77. The Morgan fingerprint density at radius 3 is 2.41 bits per heavy atom. The second-order valence-corrected chi connectivity index (χ2v) is 8.71. The van der Waals surface area contributed by atoms with Crippen LogP contribution in [0.25, 0.3) is 0 Å². The van der Waals surface area contributed by atoms with E-state index in [9.17, 15) is 31.2 Å². The molecule has 0 radical (unpaired) electrons. The molecule has 3 rings (SSSR count). The Morgan fingerprint density at radius 2 is 1.79 bits per heavy atom. The fourth-order valence-corrected chi connectivity index (χ4v) is 3.78. The van der Waals surface area contributed by atoms with Crippen molar-refractivity contribution in [1.82, 2.24) is 9.88 Å². The highest BCUT2D eigenvalue weighted by Gasteiger charge is 2.32. The molecule has 1 heterocycles. The van der Waals surface area contributed by atoms with E-state index in [1.807, 2.05) is 4.72 Å². The number of nitrogens with one attached hydrogen (secondary N) is 2. The van der Waals surface area contributed by atoms with E-state index in [4.69, 9.17) is 9.26 Å². The highest BCUT2D eigenvalue weighted by molar-refractivity contribution is 7.89. The maximum Gasteiger partial charge on any atom is 0.416 e. The van der Waals surface area contributed by atoms with Crippen molar-refractivity contribution >= 4 is 27.7 Å². The highest BCUT2D eigenvalue weighted by atomic mass is 32.2. The summed E-state index contributed by atoms with van der Waals surface area (Å²) in [4.78, 5) is 24.4. The van der Waals surface area contributed by atoms with Crippen LogP contribution in [0.4, 0.5) is 19.0 Å². The van der Waals surface area contributed by atoms with Crippen LogP contribution in [-0.2, 0) is 30.5 Å². The van der Waals surface area contributed by atoms with Gasteiger partial charge in [-0.2, -0.15) is 17.9 Å². The number of hydrogen-bond donors (Lipinski definition) is 2. The Hall–Kier alpha value is -3.71. The molecule has 0 aliphatic heterocycles. The first-order valence-electron chi connectivity index (χ1n) is 9.61. The zero-order valence-electron chi connectivity index (χ0n) is 17.5. The monoisotopic (exact) mass is 497 g/mol. The number of aromatic nitrogens is 1. The number of esters is 1. The van der Waals surface area contributed by atoms with Gasteiger partial charge in [-0.3, -0.25) is 9.59 Å². The minimum atomic E-state index is -4.75. The Balaban J connectivity index is 1.71. The third-order valence-electron chi connectivity index (χ3n) is 4.35. The number of alkyl halides is 3. The average Bonchev–Trinajstić information content (AvgIpc) is 3.20. The van der Waals surface area contributed by atoms with Crippen LogP contribution >= 0.6 is 0 Å². The largest absolute Gasteiger partial charge is 0.446 e. The summed E-state index contributed by atoms with van der Waals surface area (Å²) < 4.78 is 75.2. The number of hydrogen-bond acceptors (Lipinski definition) is 7. The van der Waals surface area contributed by atoms with Crippen molar-refractivity contribution in [3.63, 3.8) is 0 Å². The number of halogens is 3. The third kappa shape index (κ3) is 6.42. The van der Waals surface area contributed by atoms with E-state index in [0.717, 1.165) is 12.1 Å². The predicted molar refractivity (Wildman–Crippen MR) is 112 cm³/mol. The van der Waals surface area contributed by atoms with Gasteiger partial charge in [0, 0.05) is 11.6 Å². The van der Waals surface area contributed by atoms with Crippen molar-refractivity contribution in [3.05, 3.63) is 77.6 Å². The number of anilines is 1. The van der Waals surface area contributed by atoms with Crippen molar-refractivity contribution in [2.45, 2.75) is 24.1 Å². The van der Waals surface area contributed by atoms with E-state index >= 15 is 0 Å². The van der Waals surface area contributed by atoms with E-state index < -0.39 is 51.2 Å². The van der Waals surface area contributed by atoms with Crippen molar-refractivity contribution in [1.29, 1.82) is 0 Å². The Bertz CT molecular complexity index is 1280.